The van der Waals surface area contributed by atoms with E-state index in [2.05, 4.69) is 15.5 Å². The summed E-state index contributed by atoms with van der Waals surface area (Å²) in [4.78, 5) is 27.4. The van der Waals surface area contributed by atoms with Gasteiger partial charge in [0.25, 0.3) is 0 Å². The summed E-state index contributed by atoms with van der Waals surface area (Å²) in [7, 11) is 0. The van der Waals surface area contributed by atoms with E-state index < -0.39 is 11.5 Å². The van der Waals surface area contributed by atoms with Crippen LogP contribution in [-0.4, -0.2) is 45.9 Å². The molecule has 1 aliphatic rings. The highest BCUT2D eigenvalue weighted by atomic mass is 16.5. The van der Waals surface area contributed by atoms with Crippen molar-refractivity contribution in [1.82, 2.24) is 15.5 Å². The zero-order valence-electron chi connectivity index (χ0n) is 12.6. The summed E-state index contributed by atoms with van der Waals surface area (Å²) in [6.07, 6.45) is 3.24. The smallest absolute Gasteiger partial charge is 0.331 e. The molecule has 2 rings (SSSR count). The number of carboxylic acids is 1. The van der Waals surface area contributed by atoms with Crippen molar-refractivity contribution in [3.63, 3.8) is 0 Å². The Labute approximate surface area is 128 Å². The highest BCUT2D eigenvalue weighted by Crippen LogP contribution is 2.19. The Morgan fingerprint density at radius 2 is 2.23 bits per heavy atom. The first-order valence-electron chi connectivity index (χ1n) is 7.49. The van der Waals surface area contributed by atoms with Gasteiger partial charge in [-0.2, -0.15) is 4.98 Å². The third kappa shape index (κ3) is 4.03. The van der Waals surface area contributed by atoms with Crippen LogP contribution in [0.2, 0.25) is 0 Å². The lowest BCUT2D eigenvalue weighted by Crippen LogP contribution is -2.55. The SMILES string of the molecule is CCCc1noc(CCCC(=O)NC2(C(=O)O)CCOC2)n1. The monoisotopic (exact) mass is 311 g/mol. The van der Waals surface area contributed by atoms with Crippen molar-refractivity contribution in [3.05, 3.63) is 11.7 Å². The summed E-state index contributed by atoms with van der Waals surface area (Å²) in [5.41, 5.74) is -1.28. The van der Waals surface area contributed by atoms with Gasteiger partial charge >= 0.3 is 5.97 Å². The predicted molar refractivity (Wildman–Crippen MR) is 75.2 cm³/mol. The van der Waals surface area contributed by atoms with E-state index in [9.17, 15) is 14.7 Å². The molecule has 1 unspecified atom stereocenters. The van der Waals surface area contributed by atoms with Crippen molar-refractivity contribution in [1.29, 1.82) is 0 Å². The molecular formula is C14H21N3O5. The van der Waals surface area contributed by atoms with Crippen LogP contribution in [0, 0.1) is 0 Å². The second kappa shape index (κ2) is 7.35. The molecule has 1 atom stereocenters. The van der Waals surface area contributed by atoms with Gasteiger partial charge < -0.3 is 19.7 Å². The molecule has 8 heteroatoms. The van der Waals surface area contributed by atoms with E-state index in [4.69, 9.17) is 9.26 Å². The third-order valence-electron chi connectivity index (χ3n) is 3.59. The van der Waals surface area contributed by atoms with Gasteiger partial charge in [0.2, 0.25) is 11.8 Å². The van der Waals surface area contributed by atoms with Gasteiger partial charge in [0, 0.05) is 32.3 Å². The van der Waals surface area contributed by atoms with Crippen molar-refractivity contribution >= 4 is 11.9 Å². The summed E-state index contributed by atoms with van der Waals surface area (Å²) < 4.78 is 10.2. The van der Waals surface area contributed by atoms with Crippen LogP contribution in [0.3, 0.4) is 0 Å². The van der Waals surface area contributed by atoms with Gasteiger partial charge in [-0.3, -0.25) is 4.79 Å². The normalized spacial score (nSPS) is 21.0. The van der Waals surface area contributed by atoms with E-state index >= 15 is 0 Å². The standard InChI is InChI=1S/C14H21N3O5/c1-2-4-10-15-12(22-17-10)6-3-5-11(18)16-14(13(19)20)7-8-21-9-14/h2-9H2,1H3,(H,16,18)(H,19,20). The third-order valence-corrected chi connectivity index (χ3v) is 3.59. The Morgan fingerprint density at radius 3 is 2.86 bits per heavy atom. The average Bonchev–Trinajstić information content (AvgIpc) is 3.10. The molecule has 22 heavy (non-hydrogen) atoms. The van der Waals surface area contributed by atoms with Gasteiger partial charge in [-0.25, -0.2) is 4.79 Å². The van der Waals surface area contributed by atoms with Crippen molar-refractivity contribution in [3.8, 4) is 0 Å². The first-order valence-corrected chi connectivity index (χ1v) is 7.49. The lowest BCUT2D eigenvalue weighted by atomic mass is 9.98. The van der Waals surface area contributed by atoms with E-state index in [1.165, 1.54) is 0 Å². The van der Waals surface area contributed by atoms with E-state index in [-0.39, 0.29) is 25.4 Å². The van der Waals surface area contributed by atoms with Crippen LogP contribution in [0.5, 0.6) is 0 Å². The lowest BCUT2D eigenvalue weighted by Gasteiger charge is -2.23. The molecule has 122 valence electrons. The zero-order valence-corrected chi connectivity index (χ0v) is 12.6. The molecule has 0 aliphatic carbocycles. The number of carboxylic acid groups (broad SMARTS) is 1. The number of hydrogen-bond donors (Lipinski definition) is 2. The molecule has 1 aromatic heterocycles. The number of carbonyl (C=O) groups excluding carboxylic acids is 1. The highest BCUT2D eigenvalue weighted by Gasteiger charge is 2.43. The Morgan fingerprint density at radius 1 is 1.41 bits per heavy atom. The minimum absolute atomic E-state index is 0.0120. The zero-order chi connectivity index (χ0) is 16.0. The largest absolute Gasteiger partial charge is 0.479 e. The molecule has 0 aromatic carbocycles. The Kier molecular flexibility index (Phi) is 5.48. The molecule has 1 amide bonds. The maximum atomic E-state index is 11.9. The minimum atomic E-state index is -1.28. The number of amides is 1. The fourth-order valence-electron chi connectivity index (χ4n) is 2.33. The van der Waals surface area contributed by atoms with Crippen molar-refractivity contribution < 1.29 is 24.0 Å². The Bertz CT molecular complexity index is 522. The van der Waals surface area contributed by atoms with Crippen molar-refractivity contribution in [2.75, 3.05) is 13.2 Å². The molecular weight excluding hydrogens is 290 g/mol. The fraction of sp³-hybridized carbons (Fsp3) is 0.714. The number of hydrogen-bond acceptors (Lipinski definition) is 6. The number of ether oxygens (including phenoxy) is 1. The van der Waals surface area contributed by atoms with Gasteiger partial charge in [0.05, 0.1) is 6.61 Å². The molecule has 1 saturated heterocycles. The second-order valence-electron chi connectivity index (χ2n) is 5.45. The number of rotatable bonds is 8. The maximum absolute atomic E-state index is 11.9. The second-order valence-corrected chi connectivity index (χ2v) is 5.45. The van der Waals surface area contributed by atoms with E-state index in [1.807, 2.05) is 6.92 Å². The summed E-state index contributed by atoms with van der Waals surface area (Å²) in [6.45, 7) is 2.39. The average molecular weight is 311 g/mol. The lowest BCUT2D eigenvalue weighted by molar-refractivity contribution is -0.147. The highest BCUT2D eigenvalue weighted by molar-refractivity contribution is 5.87. The number of aromatic nitrogens is 2. The number of aliphatic carboxylic acids is 1. The summed E-state index contributed by atoms with van der Waals surface area (Å²) in [6, 6.07) is 0. The molecule has 2 N–H and O–H groups in total. The molecule has 1 aliphatic heterocycles. The van der Waals surface area contributed by atoms with Crippen molar-refractivity contribution in [2.45, 2.75) is 51.0 Å². The summed E-state index contributed by atoms with van der Waals surface area (Å²) in [5.74, 6) is -0.177. The van der Waals surface area contributed by atoms with Crippen LogP contribution in [0.4, 0.5) is 0 Å². The van der Waals surface area contributed by atoms with Gasteiger partial charge in [0.15, 0.2) is 11.4 Å². The number of aryl methyl sites for hydroxylation is 2. The molecule has 1 fully saturated rings. The molecule has 0 saturated carbocycles. The molecule has 2 heterocycles. The van der Waals surface area contributed by atoms with Crippen LogP contribution in [0.15, 0.2) is 4.52 Å². The van der Waals surface area contributed by atoms with E-state index in [0.29, 0.717) is 31.2 Å². The van der Waals surface area contributed by atoms with Crippen LogP contribution in [0.25, 0.3) is 0 Å². The minimum Gasteiger partial charge on any atom is -0.479 e. The fourth-order valence-corrected chi connectivity index (χ4v) is 2.33. The van der Waals surface area contributed by atoms with Crippen LogP contribution < -0.4 is 5.32 Å². The van der Waals surface area contributed by atoms with Gasteiger partial charge in [-0.05, 0) is 12.8 Å². The van der Waals surface area contributed by atoms with Crippen LogP contribution in [-0.2, 0) is 27.2 Å². The van der Waals surface area contributed by atoms with E-state index in [0.717, 1.165) is 12.8 Å². The quantitative estimate of drug-likeness (QED) is 0.726. The first-order chi connectivity index (χ1) is 10.6. The number of nitrogens with one attached hydrogen (secondary N) is 1. The summed E-state index contributed by atoms with van der Waals surface area (Å²) >= 11 is 0. The van der Waals surface area contributed by atoms with E-state index in [1.54, 1.807) is 0 Å². The maximum Gasteiger partial charge on any atom is 0.331 e. The van der Waals surface area contributed by atoms with Gasteiger partial charge in [-0.1, -0.05) is 12.1 Å². The molecule has 0 bridgehead atoms. The first kappa shape index (κ1) is 16.4. The summed E-state index contributed by atoms with van der Waals surface area (Å²) in [5, 5.41) is 15.7. The van der Waals surface area contributed by atoms with Gasteiger partial charge in [0.1, 0.15) is 0 Å². The predicted octanol–water partition coefficient (Wildman–Crippen LogP) is 0.705. The molecule has 0 radical (unpaired) electrons. The van der Waals surface area contributed by atoms with Crippen LogP contribution in [0.1, 0.15) is 44.3 Å². The Balaban J connectivity index is 1.76. The molecule has 8 nitrogen and oxygen atoms in total. The van der Waals surface area contributed by atoms with Crippen molar-refractivity contribution in [2.24, 2.45) is 0 Å². The van der Waals surface area contributed by atoms with Gasteiger partial charge in [-0.15, -0.1) is 0 Å². The molecule has 1 aromatic rings. The Hall–Kier alpha value is -1.96. The molecule has 0 spiro atoms. The number of nitrogens with zero attached hydrogens (tertiary/aromatic N) is 2. The van der Waals surface area contributed by atoms with Crippen LogP contribution >= 0.6 is 0 Å². The topological polar surface area (TPSA) is 115 Å². The number of carbonyl (C=O) groups is 2.